The molecule has 0 saturated carbocycles. The number of hydrogen-bond acceptors (Lipinski definition) is 3. The zero-order valence-electron chi connectivity index (χ0n) is 14.1. The fourth-order valence-corrected chi connectivity index (χ4v) is 2.78. The predicted octanol–water partition coefficient (Wildman–Crippen LogP) is 1.88. The summed E-state index contributed by atoms with van der Waals surface area (Å²) < 4.78 is 0. The molecule has 0 aliphatic carbocycles. The van der Waals surface area contributed by atoms with Crippen LogP contribution in [0.15, 0.2) is 24.3 Å². The van der Waals surface area contributed by atoms with Crippen LogP contribution in [-0.4, -0.2) is 36.1 Å². The second kappa shape index (κ2) is 7.13. The summed E-state index contributed by atoms with van der Waals surface area (Å²) in [4.78, 5) is 26.3. The van der Waals surface area contributed by atoms with Gasteiger partial charge in [0.15, 0.2) is 0 Å². The van der Waals surface area contributed by atoms with Crippen LogP contribution in [0.4, 0.5) is 5.69 Å². The minimum atomic E-state index is -0.340. The Morgan fingerprint density at radius 2 is 2.00 bits per heavy atom. The normalized spacial score (nSPS) is 16.5. The van der Waals surface area contributed by atoms with Crippen molar-refractivity contribution in [1.29, 1.82) is 0 Å². The van der Waals surface area contributed by atoms with Gasteiger partial charge in [-0.2, -0.15) is 0 Å². The summed E-state index contributed by atoms with van der Waals surface area (Å²) in [7, 11) is 0. The quantitative estimate of drug-likeness (QED) is 0.890. The molecule has 1 heterocycles. The molecule has 5 heteroatoms. The molecule has 2 N–H and O–H groups in total. The van der Waals surface area contributed by atoms with Crippen molar-refractivity contribution in [2.24, 2.45) is 5.41 Å². The number of amides is 2. The number of carbonyl (C=O) groups is 2. The highest BCUT2D eigenvalue weighted by Gasteiger charge is 2.28. The molecular formula is C18H26N2O3. The van der Waals surface area contributed by atoms with Gasteiger partial charge in [-0.1, -0.05) is 39.0 Å². The Balaban J connectivity index is 2.14. The number of aliphatic hydroxyl groups excluding tert-OH is 1. The average Bonchev–Trinajstić information content (AvgIpc) is 2.64. The lowest BCUT2D eigenvalue weighted by Gasteiger charge is -2.31. The third kappa shape index (κ3) is 4.32. The largest absolute Gasteiger partial charge is 0.394 e. The number of benzene rings is 1. The standard InChI is InChI=1S/C18H26N2O3/c1-18(2,3)15(12-21)19-16(22)11-20-14-9-5-4-7-13(14)8-6-10-17(20)23/h4-5,7,9,15,21H,6,8,10-12H2,1-3H3,(H,19,22). The number of anilines is 1. The Morgan fingerprint density at radius 1 is 1.30 bits per heavy atom. The smallest absolute Gasteiger partial charge is 0.240 e. The maximum atomic E-state index is 12.4. The minimum Gasteiger partial charge on any atom is -0.394 e. The second-order valence-corrected chi connectivity index (χ2v) is 7.13. The van der Waals surface area contributed by atoms with Gasteiger partial charge < -0.3 is 15.3 Å². The molecular weight excluding hydrogens is 292 g/mol. The Kier molecular flexibility index (Phi) is 5.42. The highest BCUT2D eigenvalue weighted by Crippen LogP contribution is 2.26. The van der Waals surface area contributed by atoms with Crippen molar-refractivity contribution in [3.8, 4) is 0 Å². The van der Waals surface area contributed by atoms with Crippen molar-refractivity contribution in [2.45, 2.75) is 46.1 Å². The van der Waals surface area contributed by atoms with Gasteiger partial charge in [-0.25, -0.2) is 0 Å². The van der Waals surface area contributed by atoms with Crippen molar-refractivity contribution in [2.75, 3.05) is 18.1 Å². The molecule has 1 aliphatic rings. The first kappa shape index (κ1) is 17.5. The second-order valence-electron chi connectivity index (χ2n) is 7.13. The van der Waals surface area contributed by atoms with Crippen LogP contribution in [-0.2, 0) is 16.0 Å². The van der Waals surface area contributed by atoms with Gasteiger partial charge in [0, 0.05) is 12.1 Å². The summed E-state index contributed by atoms with van der Waals surface area (Å²) in [6, 6.07) is 7.39. The number of rotatable bonds is 4. The highest BCUT2D eigenvalue weighted by atomic mass is 16.3. The molecule has 0 fully saturated rings. The molecule has 1 atom stereocenters. The first-order valence-corrected chi connectivity index (χ1v) is 8.11. The third-order valence-electron chi connectivity index (χ3n) is 4.29. The lowest BCUT2D eigenvalue weighted by molar-refractivity contribution is -0.125. The number of carbonyl (C=O) groups excluding carboxylic acids is 2. The van der Waals surface area contributed by atoms with Crippen LogP contribution in [0.1, 0.15) is 39.2 Å². The van der Waals surface area contributed by atoms with Crippen LogP contribution in [0.3, 0.4) is 0 Å². The molecule has 1 aromatic rings. The number of fused-ring (bicyclic) bond motifs is 1. The van der Waals surface area contributed by atoms with E-state index < -0.39 is 0 Å². The predicted molar refractivity (Wildman–Crippen MR) is 90.2 cm³/mol. The average molecular weight is 318 g/mol. The number of aliphatic hydroxyl groups is 1. The van der Waals surface area contributed by atoms with E-state index in [1.807, 2.05) is 45.0 Å². The fraction of sp³-hybridized carbons (Fsp3) is 0.556. The van der Waals surface area contributed by atoms with Crippen molar-refractivity contribution in [3.05, 3.63) is 29.8 Å². The molecule has 23 heavy (non-hydrogen) atoms. The Bertz CT molecular complexity index is 578. The van der Waals surface area contributed by atoms with Crippen LogP contribution in [0.2, 0.25) is 0 Å². The van der Waals surface area contributed by atoms with E-state index in [1.54, 1.807) is 4.90 Å². The first-order valence-electron chi connectivity index (χ1n) is 8.11. The summed E-state index contributed by atoms with van der Waals surface area (Å²) in [5.41, 5.74) is 1.67. The molecule has 2 amide bonds. The van der Waals surface area contributed by atoms with E-state index in [0.717, 1.165) is 24.1 Å². The monoisotopic (exact) mass is 318 g/mol. The fourth-order valence-electron chi connectivity index (χ4n) is 2.78. The van der Waals surface area contributed by atoms with E-state index in [2.05, 4.69) is 5.32 Å². The van der Waals surface area contributed by atoms with E-state index >= 15 is 0 Å². The zero-order chi connectivity index (χ0) is 17.0. The summed E-state index contributed by atoms with van der Waals surface area (Å²) >= 11 is 0. The third-order valence-corrected chi connectivity index (χ3v) is 4.29. The van der Waals surface area contributed by atoms with Crippen LogP contribution < -0.4 is 10.2 Å². The lowest BCUT2D eigenvalue weighted by atomic mass is 9.87. The molecule has 0 bridgehead atoms. The Hall–Kier alpha value is -1.88. The van der Waals surface area contributed by atoms with E-state index in [0.29, 0.717) is 6.42 Å². The molecule has 1 aliphatic heterocycles. The Morgan fingerprint density at radius 3 is 2.65 bits per heavy atom. The number of aryl methyl sites for hydroxylation is 1. The number of nitrogens with one attached hydrogen (secondary N) is 1. The molecule has 0 saturated heterocycles. The van der Waals surface area contributed by atoms with Gasteiger partial charge >= 0.3 is 0 Å². The molecule has 5 nitrogen and oxygen atoms in total. The SMILES string of the molecule is CC(C)(C)C(CO)NC(=O)CN1C(=O)CCCc2ccccc21. The van der Waals surface area contributed by atoms with Crippen molar-refractivity contribution >= 4 is 17.5 Å². The van der Waals surface area contributed by atoms with E-state index in [1.165, 1.54) is 0 Å². The van der Waals surface area contributed by atoms with Gasteiger partial charge in [0.1, 0.15) is 6.54 Å². The summed E-state index contributed by atoms with van der Waals surface area (Å²) in [6.07, 6.45) is 2.10. The van der Waals surface area contributed by atoms with Crippen LogP contribution in [0.5, 0.6) is 0 Å². The van der Waals surface area contributed by atoms with Crippen LogP contribution in [0, 0.1) is 5.41 Å². The van der Waals surface area contributed by atoms with Gasteiger partial charge in [0.05, 0.1) is 12.6 Å². The van der Waals surface area contributed by atoms with Gasteiger partial charge in [0.25, 0.3) is 0 Å². The van der Waals surface area contributed by atoms with Crippen molar-refractivity contribution in [1.82, 2.24) is 5.32 Å². The molecule has 0 aromatic heterocycles. The van der Waals surface area contributed by atoms with E-state index in [9.17, 15) is 14.7 Å². The van der Waals surface area contributed by atoms with Crippen LogP contribution in [0.25, 0.3) is 0 Å². The van der Waals surface area contributed by atoms with Crippen molar-refractivity contribution in [3.63, 3.8) is 0 Å². The van der Waals surface area contributed by atoms with Gasteiger partial charge in [-0.05, 0) is 29.9 Å². The summed E-state index contributed by atoms with van der Waals surface area (Å²) in [5.74, 6) is -0.273. The van der Waals surface area contributed by atoms with Gasteiger partial charge in [-0.3, -0.25) is 9.59 Å². The number of para-hydroxylation sites is 1. The highest BCUT2D eigenvalue weighted by molar-refractivity contribution is 5.99. The topological polar surface area (TPSA) is 69.6 Å². The van der Waals surface area contributed by atoms with Gasteiger partial charge in [-0.15, -0.1) is 0 Å². The van der Waals surface area contributed by atoms with E-state index in [4.69, 9.17) is 0 Å². The summed E-state index contributed by atoms with van der Waals surface area (Å²) in [6.45, 7) is 5.74. The number of hydrogen-bond donors (Lipinski definition) is 2. The molecule has 1 unspecified atom stereocenters. The maximum absolute atomic E-state index is 12.4. The number of nitrogens with zero attached hydrogens (tertiary/aromatic N) is 1. The first-order chi connectivity index (χ1) is 10.8. The zero-order valence-corrected chi connectivity index (χ0v) is 14.1. The van der Waals surface area contributed by atoms with E-state index in [-0.39, 0.29) is 36.4 Å². The molecule has 0 radical (unpaired) electrons. The molecule has 2 rings (SSSR count). The molecule has 126 valence electrons. The molecule has 1 aromatic carbocycles. The van der Waals surface area contributed by atoms with Crippen LogP contribution >= 0.6 is 0 Å². The maximum Gasteiger partial charge on any atom is 0.240 e. The lowest BCUT2D eigenvalue weighted by Crippen LogP contribution is -2.50. The minimum absolute atomic E-state index is 0.0115. The molecule has 0 spiro atoms. The van der Waals surface area contributed by atoms with Crippen molar-refractivity contribution < 1.29 is 14.7 Å². The summed E-state index contributed by atoms with van der Waals surface area (Å²) in [5, 5.41) is 12.3. The van der Waals surface area contributed by atoms with Gasteiger partial charge in [0.2, 0.25) is 11.8 Å². The Labute approximate surface area is 137 Å².